The van der Waals surface area contributed by atoms with E-state index in [1.54, 1.807) is 0 Å². The average molecular weight is 153 g/mol. The van der Waals surface area contributed by atoms with E-state index in [-0.39, 0.29) is 0 Å². The third-order valence-corrected chi connectivity index (χ3v) is 2.17. The molecule has 0 spiro atoms. The zero-order valence-electron chi connectivity index (χ0n) is 6.79. The van der Waals surface area contributed by atoms with Gasteiger partial charge >= 0.3 is 0 Å². The molecule has 0 aromatic heterocycles. The first-order valence-electron chi connectivity index (χ1n) is 4.50. The Hall–Kier alpha value is -0.0151. The Balaban J connectivity index is 1.35. The zero-order valence-corrected chi connectivity index (χ0v) is 6.79. The number of ether oxygens (including phenoxy) is 2. The molecule has 0 aromatic carbocycles. The summed E-state index contributed by atoms with van der Waals surface area (Å²) in [7, 11) is 2.35. The van der Waals surface area contributed by atoms with Crippen LogP contribution >= 0.6 is 0 Å². The van der Waals surface area contributed by atoms with E-state index in [0.29, 0.717) is 12.2 Å². The predicted octanol–water partition coefficient (Wildman–Crippen LogP) is 1.10. The summed E-state index contributed by atoms with van der Waals surface area (Å²) in [5.41, 5.74) is 0. The van der Waals surface area contributed by atoms with Crippen molar-refractivity contribution in [3.8, 4) is 0 Å². The van der Waals surface area contributed by atoms with Gasteiger partial charge in [0.15, 0.2) is 0 Å². The Morgan fingerprint density at radius 2 is 1.91 bits per heavy atom. The van der Waals surface area contributed by atoms with Crippen molar-refractivity contribution in [2.24, 2.45) is 0 Å². The molecular weight excluding hydrogens is 139 g/mol. The molecule has 2 atom stereocenters. The highest BCUT2D eigenvalue weighted by Crippen LogP contribution is 2.18. The van der Waals surface area contributed by atoms with Crippen LogP contribution in [0.4, 0.5) is 0 Å². The van der Waals surface area contributed by atoms with Gasteiger partial charge in [-0.25, -0.2) is 0 Å². The van der Waals surface area contributed by atoms with Crippen molar-refractivity contribution in [3.63, 3.8) is 0 Å². The van der Waals surface area contributed by atoms with Crippen LogP contribution in [0.5, 0.6) is 0 Å². The SMILES string of the molecule is [B](CCCC1CO1)CC1CO1. The number of rotatable bonds is 6. The van der Waals surface area contributed by atoms with Crippen LogP contribution in [-0.2, 0) is 9.47 Å². The molecule has 3 heteroatoms. The van der Waals surface area contributed by atoms with Crippen LogP contribution in [0.3, 0.4) is 0 Å². The predicted molar refractivity (Wildman–Crippen MR) is 44.1 cm³/mol. The van der Waals surface area contributed by atoms with Crippen molar-refractivity contribution >= 4 is 7.28 Å². The molecule has 0 saturated carbocycles. The second kappa shape index (κ2) is 3.59. The highest BCUT2D eigenvalue weighted by atomic mass is 16.6. The second-order valence-electron chi connectivity index (χ2n) is 3.37. The van der Waals surface area contributed by atoms with E-state index in [2.05, 4.69) is 7.28 Å². The Bertz CT molecular complexity index is 107. The minimum atomic E-state index is 0.576. The largest absolute Gasteiger partial charge is 0.374 e. The molecule has 61 valence electrons. The third kappa shape index (κ3) is 3.26. The van der Waals surface area contributed by atoms with E-state index >= 15 is 0 Å². The zero-order chi connectivity index (χ0) is 7.52. The number of hydrogen-bond donors (Lipinski definition) is 0. The van der Waals surface area contributed by atoms with Crippen molar-refractivity contribution in [1.82, 2.24) is 0 Å². The molecule has 11 heavy (non-hydrogen) atoms. The maximum absolute atomic E-state index is 5.11. The fourth-order valence-electron chi connectivity index (χ4n) is 1.23. The molecule has 2 nitrogen and oxygen atoms in total. The third-order valence-electron chi connectivity index (χ3n) is 2.17. The first-order chi connectivity index (χ1) is 5.45. The van der Waals surface area contributed by atoms with Gasteiger partial charge in [0.05, 0.1) is 25.4 Å². The normalized spacial score (nSPS) is 33.5. The van der Waals surface area contributed by atoms with Gasteiger partial charge in [-0.15, -0.1) is 0 Å². The van der Waals surface area contributed by atoms with E-state index in [1.807, 2.05) is 0 Å². The van der Waals surface area contributed by atoms with E-state index in [1.165, 1.54) is 19.2 Å². The summed E-state index contributed by atoms with van der Waals surface area (Å²) in [5, 5.41) is 0. The van der Waals surface area contributed by atoms with Crippen LogP contribution in [0.15, 0.2) is 0 Å². The summed E-state index contributed by atoms with van der Waals surface area (Å²) < 4.78 is 10.2. The standard InChI is InChI=1S/C8H14BO2/c1(2-7-5-10-7)3-9-4-8-6-11-8/h7-8H,1-6H2. The quantitative estimate of drug-likeness (QED) is 0.324. The van der Waals surface area contributed by atoms with Crippen LogP contribution in [0.1, 0.15) is 12.8 Å². The molecule has 0 amide bonds. The number of hydrogen-bond acceptors (Lipinski definition) is 2. The van der Waals surface area contributed by atoms with Crippen molar-refractivity contribution in [3.05, 3.63) is 0 Å². The first-order valence-corrected chi connectivity index (χ1v) is 4.50. The summed E-state index contributed by atoms with van der Waals surface area (Å²) >= 11 is 0. The number of epoxide rings is 2. The second-order valence-corrected chi connectivity index (χ2v) is 3.37. The van der Waals surface area contributed by atoms with Gasteiger partial charge in [0, 0.05) is 0 Å². The van der Waals surface area contributed by atoms with E-state index in [0.717, 1.165) is 19.5 Å². The minimum Gasteiger partial charge on any atom is -0.374 e. The first kappa shape index (κ1) is 7.62. The van der Waals surface area contributed by atoms with E-state index < -0.39 is 0 Å². The lowest BCUT2D eigenvalue weighted by Crippen LogP contribution is -1.95. The molecule has 0 aromatic rings. The molecule has 1 radical (unpaired) electrons. The van der Waals surface area contributed by atoms with E-state index in [4.69, 9.17) is 9.47 Å². The Morgan fingerprint density at radius 1 is 1.18 bits per heavy atom. The van der Waals surface area contributed by atoms with Crippen LogP contribution < -0.4 is 0 Å². The monoisotopic (exact) mass is 153 g/mol. The van der Waals surface area contributed by atoms with Gasteiger partial charge in [-0.1, -0.05) is 19.1 Å². The molecule has 2 aliphatic heterocycles. The lowest BCUT2D eigenvalue weighted by atomic mass is 9.68. The lowest BCUT2D eigenvalue weighted by molar-refractivity contribution is 0.394. The summed E-state index contributed by atoms with van der Waals surface area (Å²) in [6.07, 6.45) is 6.12. The molecular formula is C8H14BO2. The Morgan fingerprint density at radius 3 is 2.55 bits per heavy atom. The smallest absolute Gasteiger partial charge is 0.112 e. The van der Waals surface area contributed by atoms with Crippen LogP contribution in [0.25, 0.3) is 0 Å². The van der Waals surface area contributed by atoms with E-state index in [9.17, 15) is 0 Å². The summed E-state index contributed by atoms with van der Waals surface area (Å²) in [5.74, 6) is 0. The highest BCUT2D eigenvalue weighted by Gasteiger charge is 2.23. The average Bonchev–Trinajstić information content (AvgIpc) is 2.83. The van der Waals surface area contributed by atoms with Crippen LogP contribution in [0.2, 0.25) is 12.6 Å². The fourth-order valence-corrected chi connectivity index (χ4v) is 1.23. The van der Waals surface area contributed by atoms with Crippen molar-refractivity contribution in [2.75, 3.05) is 13.2 Å². The van der Waals surface area contributed by atoms with Gasteiger partial charge in [0.1, 0.15) is 7.28 Å². The van der Waals surface area contributed by atoms with Crippen molar-refractivity contribution < 1.29 is 9.47 Å². The molecule has 0 bridgehead atoms. The molecule has 2 heterocycles. The summed E-state index contributed by atoms with van der Waals surface area (Å²) in [4.78, 5) is 0. The maximum Gasteiger partial charge on any atom is 0.112 e. The summed E-state index contributed by atoms with van der Waals surface area (Å²) in [6.45, 7) is 1.99. The summed E-state index contributed by atoms with van der Waals surface area (Å²) in [6, 6.07) is 0. The van der Waals surface area contributed by atoms with Gasteiger partial charge in [0.2, 0.25) is 0 Å². The van der Waals surface area contributed by atoms with Crippen LogP contribution in [0, 0.1) is 0 Å². The molecule has 2 aliphatic rings. The highest BCUT2D eigenvalue weighted by molar-refractivity contribution is 6.35. The molecule has 2 saturated heterocycles. The van der Waals surface area contributed by atoms with Gasteiger partial charge in [-0.3, -0.25) is 0 Å². The molecule has 2 fully saturated rings. The Labute approximate surface area is 68.5 Å². The molecule has 0 N–H and O–H groups in total. The lowest BCUT2D eigenvalue weighted by Gasteiger charge is -1.94. The van der Waals surface area contributed by atoms with Crippen molar-refractivity contribution in [2.45, 2.75) is 37.7 Å². The van der Waals surface area contributed by atoms with Crippen LogP contribution in [-0.4, -0.2) is 32.7 Å². The van der Waals surface area contributed by atoms with Gasteiger partial charge < -0.3 is 9.47 Å². The maximum atomic E-state index is 5.11. The fraction of sp³-hybridized carbons (Fsp3) is 1.00. The van der Waals surface area contributed by atoms with Gasteiger partial charge in [0.25, 0.3) is 0 Å². The molecule has 0 aliphatic carbocycles. The van der Waals surface area contributed by atoms with Gasteiger partial charge in [-0.05, 0) is 6.42 Å². The Kier molecular flexibility index (Phi) is 2.49. The van der Waals surface area contributed by atoms with Crippen molar-refractivity contribution in [1.29, 1.82) is 0 Å². The topological polar surface area (TPSA) is 25.1 Å². The van der Waals surface area contributed by atoms with Gasteiger partial charge in [-0.2, -0.15) is 0 Å². The molecule has 2 rings (SSSR count). The molecule has 2 unspecified atom stereocenters. The minimum absolute atomic E-state index is 0.576.